The summed E-state index contributed by atoms with van der Waals surface area (Å²) in [5, 5.41) is 12.4. The van der Waals surface area contributed by atoms with Gasteiger partial charge in [-0.1, -0.05) is 5.16 Å². The van der Waals surface area contributed by atoms with E-state index in [1.807, 2.05) is 0 Å². The van der Waals surface area contributed by atoms with Gasteiger partial charge in [0.15, 0.2) is 0 Å². The van der Waals surface area contributed by atoms with E-state index >= 15 is 0 Å². The van der Waals surface area contributed by atoms with Crippen molar-refractivity contribution in [2.45, 2.75) is 51.4 Å². The molecular formula is C11H20N2O2. The minimum Gasteiger partial charge on any atom is -0.411 e. The summed E-state index contributed by atoms with van der Waals surface area (Å²) in [6, 6.07) is 0.351. The van der Waals surface area contributed by atoms with Crippen molar-refractivity contribution < 1.29 is 9.94 Å². The molecule has 0 radical (unpaired) electrons. The van der Waals surface area contributed by atoms with Crippen molar-refractivity contribution in [2.24, 2.45) is 5.16 Å². The van der Waals surface area contributed by atoms with Crippen LogP contribution in [0.3, 0.4) is 0 Å². The quantitative estimate of drug-likeness (QED) is 0.529. The molecule has 1 saturated heterocycles. The molecular weight excluding hydrogens is 192 g/mol. The van der Waals surface area contributed by atoms with E-state index in [0.29, 0.717) is 6.04 Å². The summed E-state index contributed by atoms with van der Waals surface area (Å²) in [5.41, 5.74) is 0.955. The van der Waals surface area contributed by atoms with Crippen molar-refractivity contribution in [3.8, 4) is 0 Å². The Labute approximate surface area is 90.9 Å². The zero-order valence-corrected chi connectivity index (χ0v) is 9.52. The zero-order chi connectivity index (χ0) is 10.8. The van der Waals surface area contributed by atoms with Crippen molar-refractivity contribution >= 4 is 5.71 Å². The molecule has 1 aliphatic carbocycles. The van der Waals surface area contributed by atoms with E-state index in [1.54, 1.807) is 0 Å². The molecule has 0 aromatic rings. The molecule has 0 spiro atoms. The number of oxime groups is 1. The van der Waals surface area contributed by atoms with Gasteiger partial charge < -0.3 is 9.94 Å². The summed E-state index contributed by atoms with van der Waals surface area (Å²) in [4.78, 5) is 2.40. The first-order valence-electron chi connectivity index (χ1n) is 5.81. The first kappa shape index (κ1) is 10.9. The number of hydrogen-bond acceptors (Lipinski definition) is 4. The Morgan fingerprint density at radius 2 is 2.00 bits per heavy atom. The van der Waals surface area contributed by atoms with Gasteiger partial charge >= 0.3 is 0 Å². The Morgan fingerprint density at radius 1 is 1.33 bits per heavy atom. The maximum absolute atomic E-state index is 8.93. The van der Waals surface area contributed by atoms with Crippen molar-refractivity contribution in [2.75, 3.05) is 13.1 Å². The Bertz CT molecular complexity index is 245. The molecule has 3 atom stereocenters. The van der Waals surface area contributed by atoms with E-state index in [-0.39, 0.29) is 12.2 Å². The summed E-state index contributed by atoms with van der Waals surface area (Å²) in [5.74, 6) is 0. The SMILES string of the molecule is C[C@@H]1CN([C@H]2CCC/C2=N\O)C[C@H](C)O1. The minimum absolute atomic E-state index is 0.286. The predicted octanol–water partition coefficient (Wildman–Crippen LogP) is 1.48. The van der Waals surface area contributed by atoms with Gasteiger partial charge in [0.25, 0.3) is 0 Å². The van der Waals surface area contributed by atoms with Gasteiger partial charge in [0.05, 0.1) is 24.0 Å². The molecule has 4 nitrogen and oxygen atoms in total. The third kappa shape index (κ3) is 2.32. The van der Waals surface area contributed by atoms with E-state index in [4.69, 9.17) is 9.94 Å². The molecule has 1 N–H and O–H groups in total. The molecule has 4 heteroatoms. The van der Waals surface area contributed by atoms with Crippen LogP contribution in [-0.4, -0.2) is 47.2 Å². The number of rotatable bonds is 1. The summed E-state index contributed by atoms with van der Waals surface area (Å²) in [6.07, 6.45) is 3.79. The second-order valence-electron chi connectivity index (χ2n) is 4.71. The summed E-state index contributed by atoms with van der Waals surface area (Å²) < 4.78 is 5.70. The van der Waals surface area contributed by atoms with Gasteiger partial charge in [-0.3, -0.25) is 4.90 Å². The van der Waals surface area contributed by atoms with Gasteiger partial charge in [0.1, 0.15) is 0 Å². The van der Waals surface area contributed by atoms with Crippen LogP contribution in [0, 0.1) is 0 Å². The van der Waals surface area contributed by atoms with Crippen LogP contribution in [0.4, 0.5) is 0 Å². The maximum atomic E-state index is 8.93. The topological polar surface area (TPSA) is 45.1 Å². The Balaban J connectivity index is 2.03. The lowest BCUT2D eigenvalue weighted by atomic mass is 10.1. The van der Waals surface area contributed by atoms with E-state index in [9.17, 15) is 0 Å². The maximum Gasteiger partial charge on any atom is 0.0742 e. The highest BCUT2D eigenvalue weighted by Crippen LogP contribution is 2.24. The van der Waals surface area contributed by atoms with Gasteiger partial charge in [-0.25, -0.2) is 0 Å². The van der Waals surface area contributed by atoms with Crippen LogP contribution in [-0.2, 0) is 4.74 Å². The lowest BCUT2D eigenvalue weighted by Gasteiger charge is -2.38. The minimum atomic E-state index is 0.286. The molecule has 0 aromatic carbocycles. The van der Waals surface area contributed by atoms with Gasteiger partial charge in [-0.05, 0) is 33.1 Å². The van der Waals surface area contributed by atoms with Crippen LogP contribution in [0.2, 0.25) is 0 Å². The normalized spacial score (nSPS) is 41.2. The summed E-state index contributed by atoms with van der Waals surface area (Å²) in [7, 11) is 0. The van der Waals surface area contributed by atoms with E-state index in [2.05, 4.69) is 23.9 Å². The van der Waals surface area contributed by atoms with E-state index in [0.717, 1.165) is 38.1 Å². The fourth-order valence-corrected chi connectivity index (χ4v) is 2.79. The molecule has 15 heavy (non-hydrogen) atoms. The standard InChI is InChI=1S/C11H20N2O2/c1-8-6-13(7-9(2)15-8)11-5-3-4-10(11)12-14/h8-9,11,14H,3-7H2,1-2H3/b12-10+/t8-,9+,11-/m0/s1. The number of ether oxygens (including phenoxy) is 1. The molecule has 0 amide bonds. The highest BCUT2D eigenvalue weighted by atomic mass is 16.5. The molecule has 1 saturated carbocycles. The van der Waals surface area contributed by atoms with Gasteiger partial charge in [0.2, 0.25) is 0 Å². The average molecular weight is 212 g/mol. The predicted molar refractivity (Wildman–Crippen MR) is 58.4 cm³/mol. The fraction of sp³-hybridized carbons (Fsp3) is 0.909. The fourth-order valence-electron chi connectivity index (χ4n) is 2.79. The molecule has 0 bridgehead atoms. The van der Waals surface area contributed by atoms with E-state index < -0.39 is 0 Å². The van der Waals surface area contributed by atoms with Crippen molar-refractivity contribution in [3.63, 3.8) is 0 Å². The lowest BCUT2D eigenvalue weighted by Crippen LogP contribution is -2.51. The first-order chi connectivity index (χ1) is 7.20. The Kier molecular flexibility index (Phi) is 3.26. The molecule has 2 aliphatic rings. The zero-order valence-electron chi connectivity index (χ0n) is 9.52. The van der Waals surface area contributed by atoms with Crippen LogP contribution >= 0.6 is 0 Å². The highest BCUT2D eigenvalue weighted by Gasteiger charge is 2.33. The van der Waals surface area contributed by atoms with Crippen LogP contribution in [0.5, 0.6) is 0 Å². The molecule has 2 fully saturated rings. The molecule has 86 valence electrons. The third-order valence-electron chi connectivity index (χ3n) is 3.31. The van der Waals surface area contributed by atoms with Crippen molar-refractivity contribution in [1.82, 2.24) is 4.90 Å². The lowest BCUT2D eigenvalue weighted by molar-refractivity contribution is -0.0733. The smallest absolute Gasteiger partial charge is 0.0742 e. The molecule has 1 heterocycles. The first-order valence-corrected chi connectivity index (χ1v) is 5.81. The second kappa shape index (κ2) is 4.49. The van der Waals surface area contributed by atoms with Crippen LogP contribution in [0.1, 0.15) is 33.1 Å². The van der Waals surface area contributed by atoms with Gasteiger partial charge in [-0.15, -0.1) is 0 Å². The Hall–Kier alpha value is -0.610. The average Bonchev–Trinajstić information content (AvgIpc) is 2.63. The molecule has 2 rings (SSSR count). The van der Waals surface area contributed by atoms with Gasteiger partial charge in [-0.2, -0.15) is 0 Å². The summed E-state index contributed by atoms with van der Waals surface area (Å²) in [6.45, 7) is 6.11. The molecule has 0 unspecified atom stereocenters. The number of nitrogens with zero attached hydrogens (tertiary/aromatic N) is 2. The molecule has 1 aliphatic heterocycles. The van der Waals surface area contributed by atoms with Crippen molar-refractivity contribution in [3.05, 3.63) is 0 Å². The Morgan fingerprint density at radius 3 is 2.60 bits per heavy atom. The highest BCUT2D eigenvalue weighted by molar-refractivity contribution is 5.90. The number of morpholine rings is 1. The largest absolute Gasteiger partial charge is 0.411 e. The third-order valence-corrected chi connectivity index (χ3v) is 3.31. The van der Waals surface area contributed by atoms with Crippen LogP contribution in [0.25, 0.3) is 0 Å². The van der Waals surface area contributed by atoms with Crippen molar-refractivity contribution in [1.29, 1.82) is 0 Å². The molecule has 0 aromatic heterocycles. The van der Waals surface area contributed by atoms with Crippen LogP contribution in [0.15, 0.2) is 5.16 Å². The summed E-state index contributed by atoms with van der Waals surface area (Å²) >= 11 is 0. The van der Waals surface area contributed by atoms with E-state index in [1.165, 1.54) is 0 Å². The van der Waals surface area contributed by atoms with Gasteiger partial charge in [0, 0.05) is 13.1 Å². The second-order valence-corrected chi connectivity index (χ2v) is 4.71. The monoisotopic (exact) mass is 212 g/mol. The van der Waals surface area contributed by atoms with Crippen LogP contribution < -0.4 is 0 Å². The number of hydrogen-bond donors (Lipinski definition) is 1.